The molecule has 0 radical (unpaired) electrons. The quantitative estimate of drug-likeness (QED) is 0.572. The average molecular weight is 516 g/mol. The second kappa shape index (κ2) is 8.96. The van der Waals surface area contributed by atoms with E-state index in [4.69, 9.17) is 16.3 Å². The minimum atomic E-state index is -0.583. The van der Waals surface area contributed by atoms with Crippen LogP contribution in [0.15, 0.2) is 26.2 Å². The van der Waals surface area contributed by atoms with E-state index in [1.165, 1.54) is 9.13 Å². The lowest BCUT2D eigenvalue weighted by molar-refractivity contribution is -0.00331. The van der Waals surface area contributed by atoms with Crippen LogP contribution in [0.25, 0.3) is 11.0 Å². The standard InChI is InChI=1S/C21H28BrClN4O4/c1-21(2,3)31-20(30)25-10-13(11-25)12-27-17-9-15(23)14(22)8-16(17)26(7-6-24(4)5)18(28)19(27)29/h8-9,13H,6-7,10-12H2,1-5H3. The van der Waals surface area contributed by atoms with Gasteiger partial charge in [0.1, 0.15) is 5.60 Å². The maximum Gasteiger partial charge on any atom is 0.410 e. The Morgan fingerprint density at radius 1 is 1.16 bits per heavy atom. The fourth-order valence-corrected chi connectivity index (χ4v) is 4.02. The Bertz CT molecular complexity index is 1110. The van der Waals surface area contributed by atoms with E-state index in [9.17, 15) is 14.4 Å². The molecular formula is C21H28BrClN4O4. The Hall–Kier alpha value is -1.84. The zero-order valence-electron chi connectivity index (χ0n) is 18.4. The zero-order chi connectivity index (χ0) is 23.1. The maximum atomic E-state index is 13.0. The van der Waals surface area contributed by atoms with Crippen LogP contribution in [0.2, 0.25) is 5.02 Å². The van der Waals surface area contributed by atoms with Crippen LogP contribution in [0.3, 0.4) is 0 Å². The number of halogens is 2. The fourth-order valence-electron chi connectivity index (χ4n) is 3.53. The summed E-state index contributed by atoms with van der Waals surface area (Å²) in [5, 5.41) is 0.461. The molecular weight excluding hydrogens is 488 g/mol. The van der Waals surface area contributed by atoms with Crippen molar-refractivity contribution in [1.82, 2.24) is 18.9 Å². The molecule has 3 rings (SSSR count). The van der Waals surface area contributed by atoms with Gasteiger partial charge in [0.2, 0.25) is 0 Å². The molecule has 1 fully saturated rings. The van der Waals surface area contributed by atoms with Crippen molar-refractivity contribution in [1.29, 1.82) is 0 Å². The maximum absolute atomic E-state index is 13.0. The first kappa shape index (κ1) is 23.8. The predicted octanol–water partition coefficient (Wildman–Crippen LogP) is 3.01. The van der Waals surface area contributed by atoms with E-state index in [1.54, 1.807) is 17.0 Å². The van der Waals surface area contributed by atoms with E-state index in [-0.39, 0.29) is 12.0 Å². The molecule has 31 heavy (non-hydrogen) atoms. The van der Waals surface area contributed by atoms with Crippen LogP contribution in [-0.2, 0) is 17.8 Å². The van der Waals surface area contributed by atoms with Crippen LogP contribution in [0.4, 0.5) is 4.79 Å². The SMILES string of the molecule is CN(C)CCn1c(=O)c(=O)n(CC2CN(C(=O)OC(C)(C)C)C2)c2cc(Cl)c(Br)cc21. The molecule has 1 aromatic heterocycles. The first-order valence-corrected chi connectivity index (χ1v) is 11.3. The van der Waals surface area contributed by atoms with Gasteiger partial charge in [-0.25, -0.2) is 4.79 Å². The number of benzene rings is 1. The monoisotopic (exact) mass is 514 g/mol. The molecule has 0 saturated carbocycles. The topological polar surface area (TPSA) is 76.8 Å². The Labute approximate surface area is 194 Å². The van der Waals surface area contributed by atoms with Gasteiger partial charge in [0.25, 0.3) is 0 Å². The number of hydrogen-bond donors (Lipinski definition) is 0. The van der Waals surface area contributed by atoms with Crippen molar-refractivity contribution in [3.8, 4) is 0 Å². The van der Waals surface area contributed by atoms with Gasteiger partial charge in [0.15, 0.2) is 0 Å². The van der Waals surface area contributed by atoms with Gasteiger partial charge < -0.3 is 23.7 Å². The highest BCUT2D eigenvalue weighted by Gasteiger charge is 2.34. The molecule has 2 heterocycles. The van der Waals surface area contributed by atoms with Crippen molar-refractivity contribution in [3.63, 3.8) is 0 Å². The number of likely N-dealkylation sites (N-methyl/N-ethyl adjacent to an activating group) is 1. The summed E-state index contributed by atoms with van der Waals surface area (Å²) >= 11 is 9.73. The highest BCUT2D eigenvalue weighted by Crippen LogP contribution is 2.28. The number of carbonyl (C=O) groups excluding carboxylic acids is 1. The minimum absolute atomic E-state index is 0.0489. The number of carbonyl (C=O) groups is 1. The lowest BCUT2D eigenvalue weighted by Gasteiger charge is -2.40. The van der Waals surface area contributed by atoms with Gasteiger partial charge in [-0.1, -0.05) is 11.6 Å². The van der Waals surface area contributed by atoms with Gasteiger partial charge in [-0.05, 0) is 62.9 Å². The number of fused-ring (bicyclic) bond motifs is 1. The summed E-state index contributed by atoms with van der Waals surface area (Å²) in [6.07, 6.45) is -0.368. The molecule has 0 N–H and O–H groups in total. The third-order valence-electron chi connectivity index (χ3n) is 5.09. The lowest BCUT2D eigenvalue weighted by atomic mass is 10.0. The van der Waals surface area contributed by atoms with Crippen molar-refractivity contribution < 1.29 is 9.53 Å². The van der Waals surface area contributed by atoms with Gasteiger partial charge in [0.05, 0.1) is 16.1 Å². The number of nitrogens with zero attached hydrogens (tertiary/aromatic N) is 4. The van der Waals surface area contributed by atoms with Gasteiger partial charge in [-0.2, -0.15) is 0 Å². The number of rotatable bonds is 5. The van der Waals surface area contributed by atoms with Crippen molar-refractivity contribution in [2.75, 3.05) is 33.7 Å². The lowest BCUT2D eigenvalue weighted by Crippen LogP contribution is -2.54. The molecule has 0 aliphatic carbocycles. The van der Waals surface area contributed by atoms with Crippen LogP contribution in [-0.4, -0.2) is 64.4 Å². The van der Waals surface area contributed by atoms with Gasteiger partial charge >= 0.3 is 17.2 Å². The number of hydrogen-bond acceptors (Lipinski definition) is 5. The normalized spacial score (nSPS) is 14.9. The predicted molar refractivity (Wildman–Crippen MR) is 125 cm³/mol. The molecule has 1 aliphatic rings. The Balaban J connectivity index is 1.91. The summed E-state index contributed by atoms with van der Waals surface area (Å²) in [5.41, 5.74) is -0.457. The van der Waals surface area contributed by atoms with Crippen molar-refractivity contribution in [2.45, 2.75) is 39.5 Å². The van der Waals surface area contributed by atoms with Crippen LogP contribution < -0.4 is 11.1 Å². The molecule has 0 unspecified atom stereocenters. The van der Waals surface area contributed by atoms with Crippen molar-refractivity contribution in [3.05, 3.63) is 42.3 Å². The van der Waals surface area contributed by atoms with E-state index >= 15 is 0 Å². The summed E-state index contributed by atoms with van der Waals surface area (Å²) in [4.78, 5) is 41.6. The highest BCUT2D eigenvalue weighted by molar-refractivity contribution is 9.10. The van der Waals surface area contributed by atoms with Crippen molar-refractivity contribution in [2.24, 2.45) is 5.92 Å². The second-order valence-corrected chi connectivity index (χ2v) is 10.4. The van der Waals surface area contributed by atoms with Crippen LogP contribution in [0, 0.1) is 5.92 Å². The molecule has 0 atom stereocenters. The smallest absolute Gasteiger partial charge is 0.410 e. The Morgan fingerprint density at radius 2 is 1.74 bits per heavy atom. The van der Waals surface area contributed by atoms with Crippen LogP contribution in [0.1, 0.15) is 20.8 Å². The Kier molecular flexibility index (Phi) is 6.88. The zero-order valence-corrected chi connectivity index (χ0v) is 20.8. The largest absolute Gasteiger partial charge is 0.444 e. The van der Waals surface area contributed by atoms with E-state index in [0.717, 1.165) is 0 Å². The van der Waals surface area contributed by atoms with E-state index in [0.29, 0.717) is 53.3 Å². The van der Waals surface area contributed by atoms with Gasteiger partial charge in [0, 0.05) is 43.1 Å². The minimum Gasteiger partial charge on any atom is -0.444 e. The summed E-state index contributed by atoms with van der Waals surface area (Å²) in [6.45, 7) is 7.74. The number of likely N-dealkylation sites (tertiary alicyclic amines) is 1. The van der Waals surface area contributed by atoms with Gasteiger partial charge in [-0.15, -0.1) is 0 Å². The summed E-state index contributed by atoms with van der Waals surface area (Å²) in [6, 6.07) is 3.48. The van der Waals surface area contributed by atoms with Crippen LogP contribution >= 0.6 is 27.5 Å². The molecule has 8 nitrogen and oxygen atoms in total. The summed E-state index contributed by atoms with van der Waals surface area (Å²) < 4.78 is 9.03. The second-order valence-electron chi connectivity index (χ2n) is 9.18. The molecule has 10 heteroatoms. The van der Waals surface area contributed by atoms with E-state index in [1.807, 2.05) is 39.8 Å². The molecule has 170 valence electrons. The fraction of sp³-hybridized carbons (Fsp3) is 0.571. The molecule has 2 aromatic rings. The highest BCUT2D eigenvalue weighted by atomic mass is 79.9. The third kappa shape index (κ3) is 5.32. The first-order chi connectivity index (χ1) is 14.4. The van der Waals surface area contributed by atoms with E-state index < -0.39 is 16.7 Å². The summed E-state index contributed by atoms with van der Waals surface area (Å²) in [7, 11) is 3.82. The third-order valence-corrected chi connectivity index (χ3v) is 6.29. The molecule has 1 aliphatic heterocycles. The van der Waals surface area contributed by atoms with E-state index in [2.05, 4.69) is 15.9 Å². The molecule has 1 aromatic carbocycles. The van der Waals surface area contributed by atoms with Crippen molar-refractivity contribution >= 4 is 44.7 Å². The van der Waals surface area contributed by atoms with Gasteiger partial charge in [-0.3, -0.25) is 9.59 Å². The number of amides is 1. The average Bonchev–Trinajstić information content (AvgIpc) is 2.60. The van der Waals surface area contributed by atoms with Crippen LogP contribution in [0.5, 0.6) is 0 Å². The number of ether oxygens (including phenoxy) is 1. The molecule has 0 spiro atoms. The number of aromatic nitrogens is 2. The first-order valence-electron chi connectivity index (χ1n) is 10.1. The molecule has 1 amide bonds. The molecule has 0 bridgehead atoms. The molecule has 1 saturated heterocycles. The summed E-state index contributed by atoms with van der Waals surface area (Å²) in [5.74, 6) is 0.0489. The Morgan fingerprint density at radius 3 is 2.32 bits per heavy atom.